The van der Waals surface area contributed by atoms with Crippen LogP contribution in [0.5, 0.6) is 0 Å². The lowest BCUT2D eigenvalue weighted by Crippen LogP contribution is -2.56. The van der Waals surface area contributed by atoms with Gasteiger partial charge in [0, 0.05) is 43.5 Å². The first kappa shape index (κ1) is 12.4. The van der Waals surface area contributed by atoms with Gasteiger partial charge in [-0.1, -0.05) is 0 Å². The van der Waals surface area contributed by atoms with Crippen LogP contribution in [0.25, 0.3) is 0 Å². The van der Waals surface area contributed by atoms with Gasteiger partial charge in [-0.25, -0.2) is 0 Å². The zero-order valence-electron chi connectivity index (χ0n) is 10.9. The number of aliphatic hydroxyl groups excluding tert-OH is 1. The third-order valence-corrected chi connectivity index (χ3v) is 3.54. The number of aryl methyl sites for hydroxylation is 1. The Hall–Kier alpha value is -1.07. The predicted molar refractivity (Wildman–Crippen MR) is 68.3 cm³/mol. The van der Waals surface area contributed by atoms with Crippen molar-refractivity contribution < 1.29 is 5.11 Å². The smallest absolute Gasteiger partial charge is 0.150 e. The van der Waals surface area contributed by atoms with E-state index in [0.717, 1.165) is 37.7 Å². The molecule has 0 aromatic carbocycles. The van der Waals surface area contributed by atoms with Gasteiger partial charge in [0.1, 0.15) is 0 Å². The molecule has 1 aliphatic rings. The minimum absolute atomic E-state index is 0.117. The van der Waals surface area contributed by atoms with Gasteiger partial charge in [-0.15, -0.1) is 0 Å². The molecule has 1 aliphatic heterocycles. The van der Waals surface area contributed by atoms with E-state index in [0.29, 0.717) is 0 Å². The van der Waals surface area contributed by atoms with E-state index in [1.807, 2.05) is 6.92 Å². The summed E-state index contributed by atoms with van der Waals surface area (Å²) in [4.78, 5) is 4.62. The molecule has 1 saturated heterocycles. The standard InChI is InChI=1S/C12H22N4O/c1-10-8-11(14-13-10)15-4-6-16(7-5-15)12(2,3)9-17/h8,17H,4-7,9H2,1-3H3,(H,13,14). The van der Waals surface area contributed by atoms with Crippen LogP contribution in [0, 0.1) is 6.92 Å². The highest BCUT2D eigenvalue weighted by Gasteiger charge is 2.29. The number of nitrogens with one attached hydrogen (secondary N) is 1. The van der Waals surface area contributed by atoms with Gasteiger partial charge >= 0.3 is 0 Å². The molecular formula is C12H22N4O. The summed E-state index contributed by atoms with van der Waals surface area (Å²) in [6, 6.07) is 2.08. The molecule has 96 valence electrons. The number of piperazine rings is 1. The second-order valence-corrected chi connectivity index (χ2v) is 5.35. The summed E-state index contributed by atoms with van der Waals surface area (Å²) in [5.41, 5.74) is 0.978. The first-order valence-electron chi connectivity index (χ1n) is 6.16. The minimum atomic E-state index is -0.117. The SMILES string of the molecule is Cc1cc(N2CCN(C(C)(C)CO)CC2)n[nH]1. The summed E-state index contributed by atoms with van der Waals surface area (Å²) in [5.74, 6) is 1.03. The van der Waals surface area contributed by atoms with Crippen LogP contribution in [0.3, 0.4) is 0 Å². The summed E-state index contributed by atoms with van der Waals surface area (Å²) in [5, 5.41) is 16.6. The monoisotopic (exact) mass is 238 g/mol. The summed E-state index contributed by atoms with van der Waals surface area (Å²) >= 11 is 0. The lowest BCUT2D eigenvalue weighted by molar-refractivity contribution is 0.0526. The van der Waals surface area contributed by atoms with Gasteiger partial charge in [0.15, 0.2) is 5.82 Å². The van der Waals surface area contributed by atoms with Crippen LogP contribution in [-0.2, 0) is 0 Å². The predicted octanol–water partition coefficient (Wildman–Crippen LogP) is 0.611. The Morgan fingerprint density at radius 2 is 2.00 bits per heavy atom. The fourth-order valence-corrected chi connectivity index (χ4v) is 2.21. The molecule has 0 radical (unpaired) electrons. The molecular weight excluding hydrogens is 216 g/mol. The molecule has 1 fully saturated rings. The molecule has 2 heterocycles. The molecule has 0 unspecified atom stereocenters. The molecule has 5 heteroatoms. The summed E-state index contributed by atoms with van der Waals surface area (Å²) in [6.07, 6.45) is 0. The third-order valence-electron chi connectivity index (χ3n) is 3.54. The fourth-order valence-electron chi connectivity index (χ4n) is 2.21. The van der Waals surface area contributed by atoms with Gasteiger partial charge < -0.3 is 10.0 Å². The molecule has 0 atom stereocenters. The number of aromatic amines is 1. The van der Waals surface area contributed by atoms with Gasteiger partial charge in [0.25, 0.3) is 0 Å². The Kier molecular flexibility index (Phi) is 3.40. The molecule has 0 saturated carbocycles. The average molecular weight is 238 g/mol. The Morgan fingerprint density at radius 3 is 2.47 bits per heavy atom. The topological polar surface area (TPSA) is 55.4 Å². The fraction of sp³-hybridized carbons (Fsp3) is 0.750. The third kappa shape index (κ3) is 2.61. The number of aliphatic hydroxyl groups is 1. The number of H-pyrrole nitrogens is 1. The van der Waals surface area contributed by atoms with E-state index < -0.39 is 0 Å². The van der Waals surface area contributed by atoms with Crippen LogP contribution in [0.1, 0.15) is 19.5 Å². The van der Waals surface area contributed by atoms with Gasteiger partial charge in [-0.2, -0.15) is 5.10 Å². The van der Waals surface area contributed by atoms with E-state index in [-0.39, 0.29) is 12.1 Å². The van der Waals surface area contributed by atoms with Crippen LogP contribution in [0.2, 0.25) is 0 Å². The molecule has 1 aromatic heterocycles. The van der Waals surface area contributed by atoms with E-state index in [1.54, 1.807) is 0 Å². The molecule has 2 rings (SSSR count). The maximum atomic E-state index is 9.36. The average Bonchev–Trinajstić information content (AvgIpc) is 2.76. The largest absolute Gasteiger partial charge is 0.394 e. The van der Waals surface area contributed by atoms with Crippen molar-refractivity contribution in [3.05, 3.63) is 11.8 Å². The molecule has 0 aliphatic carbocycles. The van der Waals surface area contributed by atoms with Gasteiger partial charge in [0.2, 0.25) is 0 Å². The summed E-state index contributed by atoms with van der Waals surface area (Å²) in [6.45, 7) is 10.3. The quantitative estimate of drug-likeness (QED) is 0.810. The molecule has 5 nitrogen and oxygen atoms in total. The molecule has 2 N–H and O–H groups in total. The van der Waals surface area contributed by atoms with Crippen LogP contribution in [0.4, 0.5) is 5.82 Å². The second kappa shape index (κ2) is 4.66. The van der Waals surface area contributed by atoms with Gasteiger partial charge in [-0.05, 0) is 20.8 Å². The highest BCUT2D eigenvalue weighted by atomic mass is 16.3. The van der Waals surface area contributed by atoms with Crippen molar-refractivity contribution in [2.75, 3.05) is 37.7 Å². The van der Waals surface area contributed by atoms with Crippen LogP contribution >= 0.6 is 0 Å². The number of rotatable bonds is 3. The summed E-state index contributed by atoms with van der Waals surface area (Å²) < 4.78 is 0. The number of anilines is 1. The van der Waals surface area contributed by atoms with Crippen molar-refractivity contribution in [1.82, 2.24) is 15.1 Å². The van der Waals surface area contributed by atoms with Crippen LogP contribution < -0.4 is 4.90 Å². The number of hydrogen-bond donors (Lipinski definition) is 2. The Labute approximate surface area is 102 Å². The number of nitrogens with zero attached hydrogens (tertiary/aromatic N) is 3. The Morgan fingerprint density at radius 1 is 1.35 bits per heavy atom. The lowest BCUT2D eigenvalue weighted by Gasteiger charge is -2.43. The Bertz CT molecular complexity index is 366. The maximum absolute atomic E-state index is 9.36. The normalized spacial score (nSPS) is 18.7. The molecule has 1 aromatic rings. The van der Waals surface area contributed by atoms with Crippen molar-refractivity contribution in [3.8, 4) is 0 Å². The van der Waals surface area contributed by atoms with Crippen molar-refractivity contribution in [2.45, 2.75) is 26.3 Å². The van der Waals surface area contributed by atoms with Gasteiger partial charge in [0.05, 0.1) is 6.61 Å². The molecule has 17 heavy (non-hydrogen) atoms. The maximum Gasteiger partial charge on any atom is 0.150 e. The highest BCUT2D eigenvalue weighted by Crippen LogP contribution is 2.19. The first-order valence-corrected chi connectivity index (χ1v) is 6.16. The van der Waals surface area contributed by atoms with E-state index in [9.17, 15) is 5.11 Å². The van der Waals surface area contributed by atoms with Gasteiger partial charge in [-0.3, -0.25) is 10.00 Å². The zero-order chi connectivity index (χ0) is 12.5. The number of hydrogen-bond acceptors (Lipinski definition) is 4. The van der Waals surface area contributed by atoms with E-state index >= 15 is 0 Å². The van der Waals surface area contributed by atoms with Crippen molar-refractivity contribution >= 4 is 5.82 Å². The highest BCUT2D eigenvalue weighted by molar-refractivity contribution is 5.39. The van der Waals surface area contributed by atoms with Crippen molar-refractivity contribution in [1.29, 1.82) is 0 Å². The first-order chi connectivity index (χ1) is 8.03. The molecule has 0 spiro atoms. The van der Waals surface area contributed by atoms with Crippen molar-refractivity contribution in [2.24, 2.45) is 0 Å². The summed E-state index contributed by atoms with van der Waals surface area (Å²) in [7, 11) is 0. The van der Waals surface area contributed by atoms with Crippen LogP contribution in [-0.4, -0.2) is 58.5 Å². The minimum Gasteiger partial charge on any atom is -0.394 e. The Balaban J connectivity index is 1.94. The zero-order valence-corrected chi connectivity index (χ0v) is 10.9. The van der Waals surface area contributed by atoms with Crippen molar-refractivity contribution in [3.63, 3.8) is 0 Å². The lowest BCUT2D eigenvalue weighted by atomic mass is 10.0. The van der Waals surface area contributed by atoms with Crippen LogP contribution in [0.15, 0.2) is 6.07 Å². The van der Waals surface area contributed by atoms with E-state index in [1.165, 1.54) is 0 Å². The van der Waals surface area contributed by atoms with E-state index in [4.69, 9.17) is 0 Å². The number of aromatic nitrogens is 2. The molecule has 0 bridgehead atoms. The van der Waals surface area contributed by atoms with E-state index in [2.05, 4.69) is 39.9 Å². The molecule has 0 amide bonds. The second-order valence-electron chi connectivity index (χ2n) is 5.35.